The van der Waals surface area contributed by atoms with Gasteiger partial charge in [0.2, 0.25) is 0 Å². The van der Waals surface area contributed by atoms with Crippen LogP contribution < -0.4 is 0 Å². The SMILES string of the molecule is Cc1sc2nc(CN3CCC(C)CC3)nc(Sc3nnc(-c4cccs4)o3)c2c1C. The maximum Gasteiger partial charge on any atom is 0.283 e. The van der Waals surface area contributed by atoms with Crippen LogP contribution in [0.5, 0.6) is 0 Å². The lowest BCUT2D eigenvalue weighted by molar-refractivity contribution is 0.181. The molecule has 0 aliphatic carbocycles. The Kier molecular flexibility index (Phi) is 5.61. The molecule has 1 aliphatic rings. The smallest absolute Gasteiger partial charge is 0.283 e. The summed E-state index contributed by atoms with van der Waals surface area (Å²) in [6.07, 6.45) is 2.49. The van der Waals surface area contributed by atoms with Crippen LogP contribution in [0.1, 0.15) is 36.0 Å². The van der Waals surface area contributed by atoms with E-state index in [9.17, 15) is 0 Å². The third kappa shape index (κ3) is 4.03. The van der Waals surface area contributed by atoms with Gasteiger partial charge in [0.1, 0.15) is 15.7 Å². The number of thiophene rings is 2. The van der Waals surface area contributed by atoms with Gasteiger partial charge in [0.25, 0.3) is 11.1 Å². The minimum atomic E-state index is 0.513. The maximum atomic E-state index is 5.91. The van der Waals surface area contributed by atoms with Crippen molar-refractivity contribution in [1.82, 2.24) is 25.1 Å². The molecule has 0 unspecified atom stereocenters. The maximum absolute atomic E-state index is 5.91. The van der Waals surface area contributed by atoms with Crippen molar-refractivity contribution in [1.29, 1.82) is 0 Å². The molecule has 5 heterocycles. The Balaban J connectivity index is 1.46. The van der Waals surface area contributed by atoms with E-state index in [-0.39, 0.29) is 0 Å². The summed E-state index contributed by atoms with van der Waals surface area (Å²) in [6, 6.07) is 3.97. The van der Waals surface area contributed by atoms with Gasteiger partial charge in [-0.25, -0.2) is 9.97 Å². The molecule has 156 valence electrons. The van der Waals surface area contributed by atoms with Gasteiger partial charge in [-0.3, -0.25) is 4.90 Å². The predicted molar refractivity (Wildman–Crippen MR) is 122 cm³/mol. The number of aryl methyl sites for hydroxylation is 2. The quantitative estimate of drug-likeness (QED) is 0.351. The molecule has 0 N–H and O–H groups in total. The molecule has 0 spiro atoms. The van der Waals surface area contributed by atoms with Crippen LogP contribution in [0.4, 0.5) is 0 Å². The summed E-state index contributed by atoms with van der Waals surface area (Å²) < 4.78 is 5.91. The molecule has 4 aromatic heterocycles. The summed E-state index contributed by atoms with van der Waals surface area (Å²) in [4.78, 5) is 15.6. The third-order valence-corrected chi connectivity index (χ3v) is 8.39. The van der Waals surface area contributed by atoms with Crippen LogP contribution in [-0.4, -0.2) is 38.2 Å². The third-order valence-electron chi connectivity index (χ3n) is 5.61. The molecule has 0 saturated carbocycles. The van der Waals surface area contributed by atoms with E-state index in [1.54, 1.807) is 22.7 Å². The van der Waals surface area contributed by atoms with Crippen LogP contribution in [0, 0.1) is 19.8 Å². The first kappa shape index (κ1) is 20.1. The molecule has 1 saturated heterocycles. The summed E-state index contributed by atoms with van der Waals surface area (Å²) in [5.41, 5.74) is 1.23. The lowest BCUT2D eigenvalue weighted by atomic mass is 9.99. The monoisotopic (exact) mass is 457 g/mol. The highest BCUT2D eigenvalue weighted by atomic mass is 32.2. The Hall–Kier alpha value is -1.81. The lowest BCUT2D eigenvalue weighted by Gasteiger charge is -2.29. The minimum absolute atomic E-state index is 0.513. The second kappa shape index (κ2) is 8.37. The average Bonchev–Trinajstić information content (AvgIpc) is 3.45. The van der Waals surface area contributed by atoms with Crippen LogP contribution >= 0.6 is 34.4 Å². The molecular weight excluding hydrogens is 434 g/mol. The number of hydrogen-bond donors (Lipinski definition) is 0. The second-order valence-electron chi connectivity index (χ2n) is 7.82. The fourth-order valence-electron chi connectivity index (χ4n) is 3.65. The summed E-state index contributed by atoms with van der Waals surface area (Å²) in [5.74, 6) is 2.24. The zero-order valence-electron chi connectivity index (χ0n) is 17.2. The molecule has 1 fully saturated rings. The second-order valence-corrected chi connectivity index (χ2v) is 10.9. The molecule has 0 bridgehead atoms. The molecule has 0 atom stereocenters. The van der Waals surface area contributed by atoms with Crippen LogP contribution in [0.3, 0.4) is 0 Å². The zero-order chi connectivity index (χ0) is 20.7. The van der Waals surface area contributed by atoms with Gasteiger partial charge < -0.3 is 4.42 Å². The minimum Gasteiger partial charge on any atom is -0.410 e. The molecule has 0 radical (unpaired) electrons. The number of fused-ring (bicyclic) bond motifs is 1. The normalized spacial score (nSPS) is 16.0. The van der Waals surface area contributed by atoms with E-state index in [0.717, 1.165) is 51.5 Å². The Morgan fingerprint density at radius 3 is 2.80 bits per heavy atom. The highest BCUT2D eigenvalue weighted by molar-refractivity contribution is 7.99. The van der Waals surface area contributed by atoms with Crippen LogP contribution in [0.25, 0.3) is 21.0 Å². The van der Waals surface area contributed by atoms with Crippen molar-refractivity contribution in [3.05, 3.63) is 33.8 Å². The number of piperidine rings is 1. The van der Waals surface area contributed by atoms with Crippen molar-refractivity contribution in [2.45, 2.75) is 50.4 Å². The summed E-state index contributed by atoms with van der Waals surface area (Å²) in [7, 11) is 0. The molecule has 0 amide bonds. The van der Waals surface area contributed by atoms with Gasteiger partial charge >= 0.3 is 0 Å². The Morgan fingerprint density at radius 2 is 2.03 bits per heavy atom. The lowest BCUT2D eigenvalue weighted by Crippen LogP contribution is -2.32. The van der Waals surface area contributed by atoms with E-state index in [1.165, 1.54) is 35.0 Å². The van der Waals surface area contributed by atoms with E-state index in [0.29, 0.717) is 11.1 Å². The van der Waals surface area contributed by atoms with E-state index >= 15 is 0 Å². The van der Waals surface area contributed by atoms with Gasteiger partial charge in [-0.05, 0) is 74.5 Å². The molecule has 6 nitrogen and oxygen atoms in total. The summed E-state index contributed by atoms with van der Waals surface area (Å²) >= 11 is 4.77. The van der Waals surface area contributed by atoms with Crippen molar-refractivity contribution < 1.29 is 4.42 Å². The first-order valence-corrected chi connectivity index (χ1v) is 12.6. The van der Waals surface area contributed by atoms with Gasteiger partial charge in [0.05, 0.1) is 11.4 Å². The summed E-state index contributed by atoms with van der Waals surface area (Å²) in [5, 5.41) is 13.0. The van der Waals surface area contributed by atoms with Crippen molar-refractivity contribution in [3.63, 3.8) is 0 Å². The molecular formula is C21H23N5OS3. The first-order valence-electron chi connectivity index (χ1n) is 10.1. The van der Waals surface area contributed by atoms with Gasteiger partial charge in [-0.2, -0.15) is 0 Å². The fourth-order valence-corrected chi connectivity index (χ4v) is 6.28. The standard InChI is InChI=1S/C21H23N5OS3/c1-12-6-8-26(9-7-12)11-16-22-19-17(13(2)14(3)29-19)20(23-16)30-21-25-24-18(27-21)15-5-4-10-28-15/h4-5,10,12H,6-9,11H2,1-3H3. The zero-order valence-corrected chi connectivity index (χ0v) is 19.7. The predicted octanol–water partition coefficient (Wildman–Crippen LogP) is 5.80. The van der Waals surface area contributed by atoms with Crippen LogP contribution in [0.2, 0.25) is 0 Å². The Bertz CT molecular complexity index is 1160. The first-order chi connectivity index (χ1) is 14.6. The van der Waals surface area contributed by atoms with Gasteiger partial charge in [-0.15, -0.1) is 32.9 Å². The van der Waals surface area contributed by atoms with Gasteiger partial charge in [0, 0.05) is 10.3 Å². The fraction of sp³-hybridized carbons (Fsp3) is 0.429. The average molecular weight is 458 g/mol. The van der Waals surface area contributed by atoms with Gasteiger partial charge in [0.15, 0.2) is 0 Å². The summed E-state index contributed by atoms with van der Waals surface area (Å²) in [6.45, 7) is 9.63. The molecule has 30 heavy (non-hydrogen) atoms. The molecule has 5 rings (SSSR count). The van der Waals surface area contributed by atoms with E-state index in [1.807, 2.05) is 17.5 Å². The van der Waals surface area contributed by atoms with Crippen molar-refractivity contribution in [3.8, 4) is 10.8 Å². The topological polar surface area (TPSA) is 67.9 Å². The molecule has 9 heteroatoms. The number of hydrogen-bond acceptors (Lipinski definition) is 9. The van der Waals surface area contributed by atoms with E-state index < -0.39 is 0 Å². The van der Waals surface area contributed by atoms with Crippen molar-refractivity contribution >= 4 is 44.7 Å². The Labute approximate surface area is 187 Å². The number of rotatable bonds is 5. The van der Waals surface area contributed by atoms with Crippen molar-refractivity contribution in [2.75, 3.05) is 13.1 Å². The van der Waals surface area contributed by atoms with E-state index in [4.69, 9.17) is 14.4 Å². The molecule has 4 aromatic rings. The van der Waals surface area contributed by atoms with E-state index in [2.05, 4.69) is 35.9 Å². The highest BCUT2D eigenvalue weighted by Crippen LogP contribution is 2.38. The van der Waals surface area contributed by atoms with Crippen molar-refractivity contribution in [2.24, 2.45) is 5.92 Å². The number of likely N-dealkylation sites (tertiary alicyclic amines) is 1. The van der Waals surface area contributed by atoms with Crippen LogP contribution in [-0.2, 0) is 6.54 Å². The molecule has 1 aliphatic heterocycles. The number of aromatic nitrogens is 4. The van der Waals surface area contributed by atoms with Gasteiger partial charge in [-0.1, -0.05) is 13.0 Å². The number of nitrogens with zero attached hydrogens (tertiary/aromatic N) is 5. The van der Waals surface area contributed by atoms with Crippen LogP contribution in [0.15, 0.2) is 32.2 Å². The largest absolute Gasteiger partial charge is 0.410 e. The molecule has 0 aromatic carbocycles. The highest BCUT2D eigenvalue weighted by Gasteiger charge is 2.21. The Morgan fingerprint density at radius 1 is 1.20 bits per heavy atom.